The summed E-state index contributed by atoms with van der Waals surface area (Å²) in [7, 11) is 2.13. The summed E-state index contributed by atoms with van der Waals surface area (Å²) in [4.78, 5) is 16.3. The molecule has 0 bridgehead atoms. The number of likely N-dealkylation sites (N-methyl/N-ethyl adjacent to an activating group) is 1. The fourth-order valence-corrected chi connectivity index (χ4v) is 2.72. The minimum atomic E-state index is 0.0915. The van der Waals surface area contributed by atoms with Crippen molar-refractivity contribution in [3.05, 3.63) is 29.8 Å². The van der Waals surface area contributed by atoms with Crippen molar-refractivity contribution in [2.75, 3.05) is 39.8 Å². The van der Waals surface area contributed by atoms with Gasteiger partial charge in [-0.1, -0.05) is 18.2 Å². The van der Waals surface area contributed by atoms with E-state index in [9.17, 15) is 4.79 Å². The van der Waals surface area contributed by atoms with E-state index < -0.39 is 0 Å². The molecule has 1 amide bonds. The van der Waals surface area contributed by atoms with Crippen LogP contribution < -0.4 is 10.1 Å². The molecule has 0 aromatic heterocycles. The second-order valence-electron chi connectivity index (χ2n) is 6.74. The first-order valence-corrected chi connectivity index (χ1v) is 8.97. The summed E-state index contributed by atoms with van der Waals surface area (Å²) in [6, 6.07) is 8.50. The molecule has 1 heterocycles. The summed E-state index contributed by atoms with van der Waals surface area (Å²) in [5.74, 6) is 0.892. The van der Waals surface area contributed by atoms with E-state index in [4.69, 9.17) is 4.74 Å². The van der Waals surface area contributed by atoms with Gasteiger partial charge in [0, 0.05) is 44.3 Å². The lowest BCUT2D eigenvalue weighted by Gasteiger charge is -2.21. The SMILES string of the molecule is CC(C)N(C)CCNCc1ccccc1OCC(=O)N1CCCC1. The van der Waals surface area contributed by atoms with Crippen LogP contribution in [0.2, 0.25) is 0 Å². The molecule has 1 N–H and O–H groups in total. The molecule has 0 aliphatic carbocycles. The molecule has 5 nitrogen and oxygen atoms in total. The van der Waals surface area contributed by atoms with Crippen LogP contribution in [-0.4, -0.2) is 61.6 Å². The van der Waals surface area contributed by atoms with E-state index in [0.29, 0.717) is 6.04 Å². The number of amides is 1. The van der Waals surface area contributed by atoms with E-state index in [1.807, 2.05) is 23.1 Å². The third-order valence-corrected chi connectivity index (χ3v) is 4.62. The number of para-hydroxylation sites is 1. The van der Waals surface area contributed by atoms with Crippen LogP contribution in [0.5, 0.6) is 5.75 Å². The second kappa shape index (κ2) is 9.64. The van der Waals surface area contributed by atoms with E-state index in [0.717, 1.165) is 56.9 Å². The summed E-state index contributed by atoms with van der Waals surface area (Å²) in [6.07, 6.45) is 2.22. The minimum Gasteiger partial charge on any atom is -0.483 e. The molecule has 0 radical (unpaired) electrons. The monoisotopic (exact) mass is 333 g/mol. The maximum Gasteiger partial charge on any atom is 0.260 e. The Morgan fingerprint density at radius 1 is 1.29 bits per heavy atom. The van der Waals surface area contributed by atoms with Gasteiger partial charge in [0.15, 0.2) is 6.61 Å². The fraction of sp³-hybridized carbons (Fsp3) is 0.632. The van der Waals surface area contributed by atoms with Crippen LogP contribution in [0, 0.1) is 0 Å². The van der Waals surface area contributed by atoms with Crippen LogP contribution in [0.25, 0.3) is 0 Å². The van der Waals surface area contributed by atoms with Gasteiger partial charge in [-0.25, -0.2) is 0 Å². The minimum absolute atomic E-state index is 0.0915. The van der Waals surface area contributed by atoms with E-state index in [-0.39, 0.29) is 12.5 Å². The molecule has 0 spiro atoms. The number of hydrogen-bond donors (Lipinski definition) is 1. The number of carbonyl (C=O) groups excluding carboxylic acids is 1. The Bertz CT molecular complexity index is 513. The number of benzene rings is 1. The third-order valence-electron chi connectivity index (χ3n) is 4.62. The van der Waals surface area contributed by atoms with Gasteiger partial charge in [0.05, 0.1) is 0 Å². The van der Waals surface area contributed by atoms with Crippen LogP contribution >= 0.6 is 0 Å². The highest BCUT2D eigenvalue weighted by Gasteiger charge is 2.18. The average molecular weight is 333 g/mol. The number of nitrogens with one attached hydrogen (secondary N) is 1. The Labute approximate surface area is 146 Å². The van der Waals surface area contributed by atoms with Gasteiger partial charge in [-0.05, 0) is 39.8 Å². The van der Waals surface area contributed by atoms with Gasteiger partial charge in [-0.15, -0.1) is 0 Å². The number of hydrogen-bond acceptors (Lipinski definition) is 4. The van der Waals surface area contributed by atoms with Crippen LogP contribution in [-0.2, 0) is 11.3 Å². The zero-order chi connectivity index (χ0) is 17.4. The van der Waals surface area contributed by atoms with Gasteiger partial charge in [-0.2, -0.15) is 0 Å². The maximum atomic E-state index is 12.1. The molecule has 1 aliphatic rings. The largest absolute Gasteiger partial charge is 0.483 e. The molecule has 1 aromatic carbocycles. The average Bonchev–Trinajstić information content (AvgIpc) is 3.11. The van der Waals surface area contributed by atoms with E-state index in [1.54, 1.807) is 0 Å². The first-order chi connectivity index (χ1) is 11.6. The highest BCUT2D eigenvalue weighted by molar-refractivity contribution is 5.78. The number of ether oxygens (including phenoxy) is 1. The van der Waals surface area contributed by atoms with E-state index in [1.165, 1.54) is 0 Å². The molecule has 2 rings (SSSR count). The summed E-state index contributed by atoms with van der Waals surface area (Å²) in [5, 5.41) is 3.45. The standard InChI is InChI=1S/C19H31N3O2/c1-16(2)21(3)13-10-20-14-17-8-4-5-9-18(17)24-15-19(23)22-11-6-7-12-22/h4-5,8-9,16,20H,6-7,10-15H2,1-3H3. The molecule has 24 heavy (non-hydrogen) atoms. The summed E-state index contributed by atoms with van der Waals surface area (Å²) in [6.45, 7) is 8.95. The second-order valence-corrected chi connectivity index (χ2v) is 6.74. The molecule has 0 saturated carbocycles. The van der Waals surface area contributed by atoms with Crippen molar-refractivity contribution >= 4 is 5.91 Å². The van der Waals surface area contributed by atoms with E-state index >= 15 is 0 Å². The van der Waals surface area contributed by atoms with Crippen molar-refractivity contribution in [1.82, 2.24) is 15.1 Å². The van der Waals surface area contributed by atoms with Crippen molar-refractivity contribution in [3.8, 4) is 5.75 Å². The quantitative estimate of drug-likeness (QED) is 0.703. The van der Waals surface area contributed by atoms with Crippen molar-refractivity contribution in [2.45, 2.75) is 39.3 Å². The summed E-state index contributed by atoms with van der Waals surface area (Å²) >= 11 is 0. The van der Waals surface area contributed by atoms with Gasteiger partial charge in [0.1, 0.15) is 5.75 Å². The van der Waals surface area contributed by atoms with Gasteiger partial charge in [0.2, 0.25) is 0 Å². The maximum absolute atomic E-state index is 12.1. The molecule has 0 unspecified atom stereocenters. The number of nitrogens with zero attached hydrogens (tertiary/aromatic N) is 2. The van der Waals surface area contributed by atoms with Gasteiger partial charge in [-0.3, -0.25) is 4.79 Å². The molecular weight excluding hydrogens is 302 g/mol. The van der Waals surface area contributed by atoms with Crippen LogP contribution in [0.1, 0.15) is 32.3 Å². The Morgan fingerprint density at radius 2 is 2.00 bits per heavy atom. The highest BCUT2D eigenvalue weighted by atomic mass is 16.5. The predicted octanol–water partition coefficient (Wildman–Crippen LogP) is 2.12. The molecule has 1 fully saturated rings. The zero-order valence-corrected chi connectivity index (χ0v) is 15.3. The summed E-state index contributed by atoms with van der Waals surface area (Å²) < 4.78 is 5.79. The van der Waals surface area contributed by atoms with Crippen LogP contribution in [0.3, 0.4) is 0 Å². The number of carbonyl (C=O) groups is 1. The van der Waals surface area contributed by atoms with Gasteiger partial charge in [0.25, 0.3) is 5.91 Å². The molecule has 1 aromatic rings. The molecular formula is C19H31N3O2. The number of likely N-dealkylation sites (tertiary alicyclic amines) is 1. The van der Waals surface area contributed by atoms with Gasteiger partial charge >= 0.3 is 0 Å². The predicted molar refractivity (Wildman–Crippen MR) is 97.2 cm³/mol. The topological polar surface area (TPSA) is 44.8 Å². The third kappa shape index (κ3) is 5.80. The Morgan fingerprint density at radius 3 is 2.71 bits per heavy atom. The Kier molecular flexibility index (Phi) is 7.53. The van der Waals surface area contributed by atoms with Crippen molar-refractivity contribution < 1.29 is 9.53 Å². The van der Waals surface area contributed by atoms with Crippen molar-refractivity contribution in [1.29, 1.82) is 0 Å². The van der Waals surface area contributed by atoms with E-state index in [2.05, 4.69) is 37.2 Å². The molecule has 5 heteroatoms. The Balaban J connectivity index is 1.78. The highest BCUT2D eigenvalue weighted by Crippen LogP contribution is 2.18. The summed E-state index contributed by atoms with van der Waals surface area (Å²) in [5.41, 5.74) is 1.10. The Hall–Kier alpha value is -1.59. The van der Waals surface area contributed by atoms with Crippen LogP contribution in [0.15, 0.2) is 24.3 Å². The lowest BCUT2D eigenvalue weighted by molar-refractivity contribution is -0.132. The van der Waals surface area contributed by atoms with Crippen LogP contribution in [0.4, 0.5) is 0 Å². The molecule has 134 valence electrons. The lowest BCUT2D eigenvalue weighted by atomic mass is 10.2. The van der Waals surface area contributed by atoms with Crippen molar-refractivity contribution in [2.24, 2.45) is 0 Å². The lowest BCUT2D eigenvalue weighted by Crippen LogP contribution is -2.33. The van der Waals surface area contributed by atoms with Crippen molar-refractivity contribution in [3.63, 3.8) is 0 Å². The zero-order valence-electron chi connectivity index (χ0n) is 15.3. The normalized spacial score (nSPS) is 14.6. The molecule has 1 aliphatic heterocycles. The van der Waals surface area contributed by atoms with Gasteiger partial charge < -0.3 is 19.9 Å². The number of rotatable bonds is 9. The smallest absolute Gasteiger partial charge is 0.260 e. The molecule has 0 atom stereocenters. The first-order valence-electron chi connectivity index (χ1n) is 8.97. The molecule has 1 saturated heterocycles. The first kappa shape index (κ1) is 18.7. The fourth-order valence-electron chi connectivity index (χ4n) is 2.72.